The highest BCUT2D eigenvalue weighted by molar-refractivity contribution is 5.96. The number of nitrogens with one attached hydrogen (secondary N) is 1. The first-order chi connectivity index (χ1) is 16.1. The Hall–Kier alpha value is -2.87. The van der Waals surface area contributed by atoms with Gasteiger partial charge in [-0.1, -0.05) is 12.1 Å². The monoisotopic (exact) mass is 450 g/mol. The molecular formula is C26H30N2O5. The van der Waals surface area contributed by atoms with Gasteiger partial charge in [0.15, 0.2) is 5.76 Å². The van der Waals surface area contributed by atoms with E-state index < -0.39 is 5.60 Å². The molecule has 2 saturated heterocycles. The second kappa shape index (κ2) is 9.55. The highest BCUT2D eigenvalue weighted by Crippen LogP contribution is 2.35. The van der Waals surface area contributed by atoms with E-state index >= 15 is 0 Å². The van der Waals surface area contributed by atoms with Crippen LogP contribution < -0.4 is 5.32 Å². The van der Waals surface area contributed by atoms with Crippen LogP contribution in [0.5, 0.6) is 0 Å². The molecule has 2 aromatic heterocycles. The third-order valence-electron chi connectivity index (χ3n) is 6.66. The molecule has 0 saturated carbocycles. The van der Waals surface area contributed by atoms with Gasteiger partial charge in [0.1, 0.15) is 11.3 Å². The molecule has 0 spiro atoms. The van der Waals surface area contributed by atoms with Gasteiger partial charge >= 0.3 is 0 Å². The summed E-state index contributed by atoms with van der Waals surface area (Å²) in [4.78, 5) is 14.8. The molecule has 0 radical (unpaired) electrons. The second-order valence-electron chi connectivity index (χ2n) is 8.96. The van der Waals surface area contributed by atoms with E-state index in [1.54, 1.807) is 12.3 Å². The summed E-state index contributed by atoms with van der Waals surface area (Å²) in [5, 5.41) is 15.1. The van der Waals surface area contributed by atoms with Gasteiger partial charge in [-0.25, -0.2) is 0 Å². The quantitative estimate of drug-likeness (QED) is 0.567. The van der Waals surface area contributed by atoms with Crippen LogP contribution in [0.2, 0.25) is 0 Å². The number of hydrogen-bond donors (Lipinski definition) is 2. The minimum atomic E-state index is -0.880. The number of amides is 1. The maximum absolute atomic E-state index is 12.5. The van der Waals surface area contributed by atoms with E-state index in [2.05, 4.69) is 16.3 Å². The number of ether oxygens (including phenoxy) is 1. The third-order valence-corrected chi connectivity index (χ3v) is 6.66. The van der Waals surface area contributed by atoms with Crippen molar-refractivity contribution in [2.45, 2.75) is 37.4 Å². The summed E-state index contributed by atoms with van der Waals surface area (Å²) in [7, 11) is 0. The second-order valence-corrected chi connectivity index (χ2v) is 8.96. The number of furan rings is 2. The van der Waals surface area contributed by atoms with E-state index in [0.717, 1.165) is 55.8 Å². The van der Waals surface area contributed by atoms with Gasteiger partial charge < -0.3 is 24.0 Å². The van der Waals surface area contributed by atoms with Crippen molar-refractivity contribution in [3.05, 3.63) is 65.8 Å². The number of hydrogen-bond acceptors (Lipinski definition) is 6. The highest BCUT2D eigenvalue weighted by atomic mass is 16.5. The van der Waals surface area contributed by atoms with Crippen LogP contribution in [0.15, 0.2) is 57.6 Å². The van der Waals surface area contributed by atoms with Crippen molar-refractivity contribution in [1.29, 1.82) is 0 Å². The van der Waals surface area contributed by atoms with E-state index in [1.165, 1.54) is 0 Å². The van der Waals surface area contributed by atoms with Crippen LogP contribution in [0.25, 0.3) is 17.0 Å². The average molecular weight is 451 g/mol. The minimum absolute atomic E-state index is 0.0886. The molecule has 1 aromatic carbocycles. The van der Waals surface area contributed by atoms with Crippen molar-refractivity contribution >= 4 is 23.0 Å². The molecular weight excluding hydrogens is 420 g/mol. The van der Waals surface area contributed by atoms with Crippen LogP contribution in [-0.2, 0) is 10.3 Å². The number of aliphatic hydroxyl groups is 1. The molecule has 0 aliphatic carbocycles. The van der Waals surface area contributed by atoms with E-state index in [9.17, 15) is 9.90 Å². The predicted molar refractivity (Wildman–Crippen MR) is 125 cm³/mol. The third kappa shape index (κ3) is 5.05. The first-order valence-electron chi connectivity index (χ1n) is 11.7. The van der Waals surface area contributed by atoms with Gasteiger partial charge in [0.05, 0.1) is 18.0 Å². The van der Waals surface area contributed by atoms with Crippen molar-refractivity contribution in [3.8, 4) is 0 Å². The molecule has 5 rings (SSSR count). The fraction of sp³-hybridized carbons (Fsp3) is 0.423. The van der Waals surface area contributed by atoms with Crippen molar-refractivity contribution in [2.75, 3.05) is 32.8 Å². The Kier molecular flexibility index (Phi) is 6.35. The lowest BCUT2D eigenvalue weighted by Gasteiger charge is -2.38. The first-order valence-corrected chi connectivity index (χ1v) is 11.7. The van der Waals surface area contributed by atoms with Gasteiger partial charge in [0.25, 0.3) is 5.91 Å². The molecule has 1 amide bonds. The molecule has 3 aromatic rings. The fourth-order valence-electron chi connectivity index (χ4n) is 4.64. The molecule has 2 aliphatic heterocycles. The zero-order chi connectivity index (χ0) is 22.7. The molecule has 2 fully saturated rings. The summed E-state index contributed by atoms with van der Waals surface area (Å²) in [6.45, 7) is 3.69. The number of piperidine rings is 1. The summed E-state index contributed by atoms with van der Waals surface area (Å²) in [5.74, 6) is 0.889. The molecule has 2 aliphatic rings. The predicted octanol–water partition coefficient (Wildman–Crippen LogP) is 3.93. The smallest absolute Gasteiger partial charge is 0.287 e. The summed E-state index contributed by atoms with van der Waals surface area (Å²) in [5.41, 5.74) is 0.632. The van der Waals surface area contributed by atoms with Gasteiger partial charge in [-0.15, -0.1) is 0 Å². The largest absolute Gasteiger partial charge is 0.465 e. The van der Waals surface area contributed by atoms with Crippen LogP contribution in [0.1, 0.15) is 47.6 Å². The SMILES string of the molecule is O=C(NCC1CCCO1)c1cc2cc(C3(O)CCN(CC=Cc4ccco4)CC3)ccc2o1. The lowest BCUT2D eigenvalue weighted by Crippen LogP contribution is -2.42. The van der Waals surface area contributed by atoms with Gasteiger partial charge in [-0.2, -0.15) is 0 Å². The normalized spacial score (nSPS) is 21.2. The van der Waals surface area contributed by atoms with E-state index in [-0.39, 0.29) is 17.8 Å². The number of rotatable bonds is 7. The van der Waals surface area contributed by atoms with Crippen molar-refractivity contribution in [1.82, 2.24) is 10.2 Å². The van der Waals surface area contributed by atoms with Crippen molar-refractivity contribution in [3.63, 3.8) is 0 Å². The fourth-order valence-corrected chi connectivity index (χ4v) is 4.64. The number of likely N-dealkylation sites (tertiary alicyclic amines) is 1. The Balaban J connectivity index is 1.20. The van der Waals surface area contributed by atoms with Crippen LogP contribution in [-0.4, -0.2) is 54.8 Å². The summed E-state index contributed by atoms with van der Waals surface area (Å²) in [6.07, 6.45) is 9.13. The molecule has 1 unspecified atom stereocenters. The zero-order valence-corrected chi connectivity index (χ0v) is 18.7. The topological polar surface area (TPSA) is 88.1 Å². The Morgan fingerprint density at radius 2 is 2.12 bits per heavy atom. The minimum Gasteiger partial charge on any atom is -0.465 e. The average Bonchev–Trinajstić information content (AvgIpc) is 3.60. The van der Waals surface area contributed by atoms with Crippen LogP contribution >= 0.6 is 0 Å². The molecule has 7 heteroatoms. The van der Waals surface area contributed by atoms with Gasteiger partial charge in [-0.05, 0) is 67.7 Å². The standard InChI is InChI=1S/C26H30N2O5/c29-25(27-18-22-6-3-15-32-22)24-17-19-16-20(7-8-23(19)33-24)26(30)9-12-28(13-10-26)11-1-4-21-5-2-14-31-21/h1-2,4-5,7-8,14,16-17,22,30H,3,6,9-13,15,18H2,(H,27,29). The lowest BCUT2D eigenvalue weighted by atomic mass is 9.84. The number of benzene rings is 1. The molecule has 2 N–H and O–H groups in total. The summed E-state index contributed by atoms with van der Waals surface area (Å²) >= 11 is 0. The molecule has 1 atom stereocenters. The van der Waals surface area contributed by atoms with Crippen molar-refractivity contribution in [2.24, 2.45) is 0 Å². The Labute approximate surface area is 193 Å². The van der Waals surface area contributed by atoms with E-state index in [1.807, 2.05) is 36.4 Å². The Morgan fingerprint density at radius 3 is 2.88 bits per heavy atom. The maximum Gasteiger partial charge on any atom is 0.287 e. The van der Waals surface area contributed by atoms with Crippen LogP contribution in [0.3, 0.4) is 0 Å². The van der Waals surface area contributed by atoms with Crippen LogP contribution in [0, 0.1) is 0 Å². The molecule has 4 heterocycles. The Bertz CT molecular complexity index is 1100. The number of carbonyl (C=O) groups is 1. The van der Waals surface area contributed by atoms with E-state index in [0.29, 0.717) is 25.0 Å². The summed E-state index contributed by atoms with van der Waals surface area (Å²) in [6, 6.07) is 11.3. The molecule has 174 valence electrons. The number of fused-ring (bicyclic) bond motifs is 1. The van der Waals surface area contributed by atoms with Crippen LogP contribution in [0.4, 0.5) is 0 Å². The maximum atomic E-state index is 12.5. The van der Waals surface area contributed by atoms with E-state index in [4.69, 9.17) is 13.6 Å². The van der Waals surface area contributed by atoms with Gasteiger partial charge in [0.2, 0.25) is 0 Å². The highest BCUT2D eigenvalue weighted by Gasteiger charge is 2.34. The first kappa shape index (κ1) is 21.9. The number of carbonyl (C=O) groups excluding carboxylic acids is 1. The molecule has 33 heavy (non-hydrogen) atoms. The molecule has 7 nitrogen and oxygen atoms in total. The van der Waals surface area contributed by atoms with Crippen molar-refractivity contribution < 1.29 is 23.5 Å². The Morgan fingerprint density at radius 1 is 1.24 bits per heavy atom. The lowest BCUT2D eigenvalue weighted by molar-refractivity contribution is -0.0232. The molecule has 0 bridgehead atoms. The summed E-state index contributed by atoms with van der Waals surface area (Å²) < 4.78 is 16.6. The van der Waals surface area contributed by atoms with Gasteiger partial charge in [0, 0.05) is 38.2 Å². The van der Waals surface area contributed by atoms with Gasteiger partial charge in [-0.3, -0.25) is 9.69 Å². The number of nitrogens with zero attached hydrogens (tertiary/aromatic N) is 1. The zero-order valence-electron chi connectivity index (χ0n) is 18.7.